The minimum Gasteiger partial charge on any atom is -0.442 e. The van der Waals surface area contributed by atoms with E-state index in [1.54, 1.807) is 18.5 Å². The number of aromatic nitrogens is 3. The summed E-state index contributed by atoms with van der Waals surface area (Å²) in [5, 5.41) is 0. The van der Waals surface area contributed by atoms with Crippen LogP contribution < -0.4 is 0 Å². The first-order valence-electron chi connectivity index (χ1n) is 3.06. The quantitative estimate of drug-likeness (QED) is 0.600. The first-order valence-corrected chi connectivity index (χ1v) is 3.06. The monoisotopic (exact) mass is 146 g/mol. The Morgan fingerprint density at radius 3 is 2.91 bits per heavy atom. The van der Waals surface area contributed by atoms with Crippen LogP contribution in [0.25, 0.3) is 11.7 Å². The fourth-order valence-electron chi connectivity index (χ4n) is 0.705. The second kappa shape index (κ2) is 2.49. The Bertz CT molecular complexity index is 317. The maximum atomic E-state index is 4.96. The molecule has 0 fully saturated rings. The third-order valence-corrected chi connectivity index (χ3v) is 1.14. The van der Waals surface area contributed by atoms with E-state index in [4.69, 9.17) is 4.42 Å². The molecule has 4 heteroatoms. The molecular formula is C7H4N3O. The molecule has 1 radical (unpaired) electrons. The highest BCUT2D eigenvalue weighted by atomic mass is 16.3. The van der Waals surface area contributed by atoms with Gasteiger partial charge in [-0.25, -0.2) is 15.0 Å². The molecule has 0 bridgehead atoms. The van der Waals surface area contributed by atoms with Crippen LogP contribution >= 0.6 is 0 Å². The Kier molecular flexibility index (Phi) is 1.37. The summed E-state index contributed by atoms with van der Waals surface area (Å²) < 4.78 is 4.96. The summed E-state index contributed by atoms with van der Waals surface area (Å²) in [7, 11) is 0. The fourth-order valence-corrected chi connectivity index (χ4v) is 0.705. The van der Waals surface area contributed by atoms with Crippen molar-refractivity contribution in [3.63, 3.8) is 0 Å². The first kappa shape index (κ1) is 6.03. The predicted octanol–water partition coefficient (Wildman–Crippen LogP) is 0.932. The molecule has 0 aliphatic rings. The van der Waals surface area contributed by atoms with Crippen LogP contribution in [-0.4, -0.2) is 15.0 Å². The van der Waals surface area contributed by atoms with Gasteiger partial charge in [-0.05, 0) is 6.07 Å². The van der Waals surface area contributed by atoms with Crippen LogP contribution in [0.2, 0.25) is 0 Å². The zero-order valence-electron chi connectivity index (χ0n) is 5.56. The van der Waals surface area contributed by atoms with Crippen LogP contribution in [0, 0.1) is 6.20 Å². The maximum Gasteiger partial charge on any atom is 0.264 e. The van der Waals surface area contributed by atoms with Gasteiger partial charge in [0.1, 0.15) is 6.26 Å². The molecule has 0 spiro atoms. The molecule has 11 heavy (non-hydrogen) atoms. The molecule has 0 N–H and O–H groups in total. The largest absolute Gasteiger partial charge is 0.442 e. The first-order chi connectivity index (χ1) is 5.47. The van der Waals surface area contributed by atoms with Crippen molar-refractivity contribution in [1.29, 1.82) is 0 Å². The molecule has 0 amide bonds. The van der Waals surface area contributed by atoms with Gasteiger partial charge >= 0.3 is 0 Å². The molecule has 2 aromatic rings. The molecule has 53 valence electrons. The van der Waals surface area contributed by atoms with Crippen molar-refractivity contribution in [1.82, 2.24) is 15.0 Å². The molecule has 2 heterocycles. The van der Waals surface area contributed by atoms with Crippen molar-refractivity contribution in [2.45, 2.75) is 0 Å². The van der Waals surface area contributed by atoms with Gasteiger partial charge in [0.15, 0.2) is 0 Å². The van der Waals surface area contributed by atoms with Gasteiger partial charge in [0.05, 0.1) is 12.4 Å². The molecule has 0 aromatic carbocycles. The fraction of sp³-hybridized carbons (Fsp3) is 0. The molecule has 0 aliphatic heterocycles. The van der Waals surface area contributed by atoms with Crippen molar-refractivity contribution in [3.8, 4) is 11.7 Å². The lowest BCUT2D eigenvalue weighted by atomic mass is 10.5. The van der Waals surface area contributed by atoms with Crippen molar-refractivity contribution in [2.75, 3.05) is 0 Å². The van der Waals surface area contributed by atoms with Gasteiger partial charge < -0.3 is 4.42 Å². The van der Waals surface area contributed by atoms with Crippen LogP contribution in [0.5, 0.6) is 0 Å². The summed E-state index contributed by atoms with van der Waals surface area (Å²) >= 11 is 0. The topological polar surface area (TPSA) is 51.8 Å². The van der Waals surface area contributed by atoms with Gasteiger partial charge in [0.25, 0.3) is 5.89 Å². The Balaban J connectivity index is 2.46. The van der Waals surface area contributed by atoms with Crippen LogP contribution in [0.1, 0.15) is 0 Å². The van der Waals surface area contributed by atoms with Gasteiger partial charge in [0.2, 0.25) is 5.82 Å². The van der Waals surface area contributed by atoms with Gasteiger partial charge in [-0.3, -0.25) is 0 Å². The van der Waals surface area contributed by atoms with E-state index in [1.807, 2.05) is 0 Å². The van der Waals surface area contributed by atoms with Crippen LogP contribution in [0.4, 0.5) is 0 Å². The summed E-state index contributed by atoms with van der Waals surface area (Å²) in [5.74, 6) is 0.874. The number of nitrogens with zero attached hydrogens (tertiary/aromatic N) is 3. The molecule has 0 unspecified atom stereocenters. The molecule has 4 nitrogen and oxygen atoms in total. The highest BCUT2D eigenvalue weighted by molar-refractivity contribution is 5.37. The van der Waals surface area contributed by atoms with Crippen molar-refractivity contribution >= 4 is 0 Å². The third kappa shape index (κ3) is 1.10. The van der Waals surface area contributed by atoms with E-state index in [9.17, 15) is 0 Å². The van der Waals surface area contributed by atoms with E-state index >= 15 is 0 Å². The van der Waals surface area contributed by atoms with E-state index in [0.29, 0.717) is 11.7 Å². The van der Waals surface area contributed by atoms with Crippen LogP contribution in [0.3, 0.4) is 0 Å². The summed E-state index contributed by atoms with van der Waals surface area (Å²) in [6.45, 7) is 0. The molecule has 0 aliphatic carbocycles. The average molecular weight is 146 g/mol. The van der Waals surface area contributed by atoms with Gasteiger partial charge in [-0.1, -0.05) is 0 Å². The van der Waals surface area contributed by atoms with Crippen LogP contribution in [0.15, 0.2) is 29.1 Å². The van der Waals surface area contributed by atoms with E-state index < -0.39 is 0 Å². The van der Waals surface area contributed by atoms with Crippen molar-refractivity contribution < 1.29 is 4.42 Å². The second-order valence-electron chi connectivity index (χ2n) is 1.85. The molecular weight excluding hydrogens is 142 g/mol. The Hall–Kier alpha value is -1.71. The zero-order valence-corrected chi connectivity index (χ0v) is 5.56. The third-order valence-electron chi connectivity index (χ3n) is 1.14. The van der Waals surface area contributed by atoms with Crippen molar-refractivity contribution in [3.05, 3.63) is 30.9 Å². The van der Waals surface area contributed by atoms with Gasteiger partial charge in [0, 0.05) is 6.20 Å². The number of oxazole rings is 1. The maximum absolute atomic E-state index is 4.96. The molecule has 0 atom stereocenters. The summed E-state index contributed by atoms with van der Waals surface area (Å²) in [6, 6.07) is 1.62. The molecule has 0 saturated carbocycles. The van der Waals surface area contributed by atoms with E-state index in [1.165, 1.54) is 6.26 Å². The van der Waals surface area contributed by atoms with Gasteiger partial charge in [-0.2, -0.15) is 0 Å². The summed E-state index contributed by atoms with van der Waals surface area (Å²) in [5.41, 5.74) is 0. The number of hydrogen-bond donors (Lipinski definition) is 0. The SMILES string of the molecule is [c]1ccnc(-c2ncco2)n1. The Labute approximate surface area is 62.9 Å². The van der Waals surface area contributed by atoms with Gasteiger partial charge in [-0.15, -0.1) is 0 Å². The zero-order chi connectivity index (χ0) is 7.52. The summed E-state index contributed by atoms with van der Waals surface area (Å²) in [6.07, 6.45) is 7.25. The lowest BCUT2D eigenvalue weighted by Crippen LogP contribution is -1.85. The van der Waals surface area contributed by atoms with E-state index in [2.05, 4.69) is 21.1 Å². The highest BCUT2D eigenvalue weighted by Crippen LogP contribution is 2.08. The number of rotatable bonds is 1. The normalized spacial score (nSPS) is 9.82. The van der Waals surface area contributed by atoms with Crippen molar-refractivity contribution in [2.24, 2.45) is 0 Å². The summed E-state index contributed by atoms with van der Waals surface area (Å²) in [4.78, 5) is 11.6. The lowest BCUT2D eigenvalue weighted by Gasteiger charge is -1.88. The molecule has 0 saturated heterocycles. The standard InChI is InChI=1S/C7H4N3O/c1-2-8-6(9-3-1)7-10-4-5-11-7/h1-2,4-5H. The smallest absolute Gasteiger partial charge is 0.264 e. The van der Waals surface area contributed by atoms with E-state index in [0.717, 1.165) is 0 Å². The lowest BCUT2D eigenvalue weighted by molar-refractivity contribution is 0.569. The average Bonchev–Trinajstić information content (AvgIpc) is 2.58. The van der Waals surface area contributed by atoms with Crippen LogP contribution in [-0.2, 0) is 0 Å². The minimum absolute atomic E-state index is 0.418. The Morgan fingerprint density at radius 1 is 1.27 bits per heavy atom. The molecule has 2 rings (SSSR count). The second-order valence-corrected chi connectivity index (χ2v) is 1.85. The molecule has 2 aromatic heterocycles. The highest BCUT2D eigenvalue weighted by Gasteiger charge is 2.02. The predicted molar refractivity (Wildman–Crippen MR) is 36.4 cm³/mol. The minimum atomic E-state index is 0.418. The van der Waals surface area contributed by atoms with E-state index in [-0.39, 0.29) is 0 Å². The Morgan fingerprint density at radius 2 is 2.27 bits per heavy atom. The number of hydrogen-bond acceptors (Lipinski definition) is 4.